The number of nitrogens with zero attached hydrogens (tertiary/aromatic N) is 1. The zero-order valence-corrected chi connectivity index (χ0v) is 14.4. The minimum absolute atomic E-state index is 0.337. The molecule has 4 rings (SSSR count). The number of aryl methyl sites for hydroxylation is 1. The van der Waals surface area contributed by atoms with Gasteiger partial charge in [0.25, 0.3) is 5.91 Å². The van der Waals surface area contributed by atoms with Gasteiger partial charge in [-0.2, -0.15) is 8.42 Å². The van der Waals surface area contributed by atoms with Crippen LogP contribution in [0.25, 0.3) is 0 Å². The quantitative estimate of drug-likeness (QED) is 0.702. The van der Waals surface area contributed by atoms with Gasteiger partial charge in [0.15, 0.2) is 5.82 Å². The Kier molecular flexibility index (Phi) is 3.88. The molecule has 1 amide bonds. The van der Waals surface area contributed by atoms with Gasteiger partial charge in [0, 0.05) is 0 Å². The Hall–Kier alpha value is -1.87. The van der Waals surface area contributed by atoms with E-state index in [0.29, 0.717) is 34.5 Å². The van der Waals surface area contributed by atoms with E-state index in [9.17, 15) is 18.3 Å². The summed E-state index contributed by atoms with van der Waals surface area (Å²) < 4.78 is 41.6. The number of phenolic OH excluding ortho intramolecular Hbond substituents is 1. The summed E-state index contributed by atoms with van der Waals surface area (Å²) in [4.78, 5) is 11.4. The highest BCUT2D eigenvalue weighted by molar-refractivity contribution is 7.92. The molecule has 25 heavy (non-hydrogen) atoms. The van der Waals surface area contributed by atoms with E-state index in [-0.39, 0.29) is 0 Å². The van der Waals surface area contributed by atoms with Gasteiger partial charge in [-0.1, -0.05) is 0 Å². The summed E-state index contributed by atoms with van der Waals surface area (Å²) in [5, 5.41) is 13.5. The summed E-state index contributed by atoms with van der Waals surface area (Å²) in [7, 11) is -4.17. The van der Waals surface area contributed by atoms with Gasteiger partial charge in [-0.05, 0) is 67.8 Å². The Bertz CT molecular complexity index is 836. The number of rotatable bonds is 2. The fourth-order valence-corrected chi connectivity index (χ4v) is 5.39. The molecular weight excluding hydrogens is 349 g/mol. The van der Waals surface area contributed by atoms with Gasteiger partial charge >= 0.3 is 10.2 Å². The van der Waals surface area contributed by atoms with Crippen LogP contribution in [0.3, 0.4) is 0 Å². The number of hydrogen-bond donors (Lipinski definition) is 3. The number of carbonyl (C=O) groups is 1. The second-order valence-corrected chi connectivity index (χ2v) is 8.58. The van der Waals surface area contributed by atoms with E-state index in [2.05, 4.69) is 5.32 Å². The van der Waals surface area contributed by atoms with Gasteiger partial charge in [0.05, 0.1) is 0 Å². The van der Waals surface area contributed by atoms with Crippen LogP contribution in [0.2, 0.25) is 0 Å². The van der Waals surface area contributed by atoms with Crippen LogP contribution in [0.1, 0.15) is 24.0 Å². The van der Waals surface area contributed by atoms with Gasteiger partial charge in [0.2, 0.25) is 0 Å². The number of halogens is 1. The van der Waals surface area contributed by atoms with E-state index in [1.54, 1.807) is 4.72 Å². The molecule has 136 valence electrons. The minimum atomic E-state index is -4.17. The van der Waals surface area contributed by atoms with Crippen molar-refractivity contribution in [3.8, 4) is 5.75 Å². The van der Waals surface area contributed by atoms with Crippen molar-refractivity contribution in [3.63, 3.8) is 0 Å². The van der Waals surface area contributed by atoms with Gasteiger partial charge in [0.1, 0.15) is 18.0 Å². The Balaban J connectivity index is 1.73. The molecule has 2 heterocycles. The van der Waals surface area contributed by atoms with Crippen LogP contribution >= 0.6 is 0 Å². The Morgan fingerprint density at radius 2 is 2.08 bits per heavy atom. The molecule has 2 saturated heterocycles. The topological polar surface area (TPSA) is 98.7 Å². The van der Waals surface area contributed by atoms with Crippen molar-refractivity contribution in [3.05, 3.63) is 23.0 Å². The molecule has 1 aliphatic carbocycles. The number of fused-ring (bicyclic) bond motifs is 1. The van der Waals surface area contributed by atoms with Gasteiger partial charge < -0.3 is 10.4 Å². The molecule has 0 radical (unpaired) electrons. The summed E-state index contributed by atoms with van der Waals surface area (Å²) >= 11 is 0. The van der Waals surface area contributed by atoms with E-state index >= 15 is 4.39 Å². The lowest BCUT2D eigenvalue weighted by atomic mass is 9.76. The Labute approximate surface area is 145 Å². The maximum absolute atomic E-state index is 15.2. The van der Waals surface area contributed by atoms with Crippen molar-refractivity contribution in [2.75, 3.05) is 23.9 Å². The summed E-state index contributed by atoms with van der Waals surface area (Å²) in [6, 6.07) is 1.44. The van der Waals surface area contributed by atoms with Gasteiger partial charge in [-0.3, -0.25) is 4.79 Å². The minimum Gasteiger partial charge on any atom is -0.506 e. The van der Waals surface area contributed by atoms with Crippen LogP contribution in [0.5, 0.6) is 5.75 Å². The monoisotopic (exact) mass is 369 g/mol. The number of benzene rings is 1. The van der Waals surface area contributed by atoms with Crippen LogP contribution in [0.4, 0.5) is 10.1 Å². The molecule has 2 fully saturated rings. The van der Waals surface area contributed by atoms with E-state index in [4.69, 9.17) is 0 Å². The first-order valence-electron chi connectivity index (χ1n) is 8.44. The highest BCUT2D eigenvalue weighted by atomic mass is 32.2. The smallest absolute Gasteiger partial charge is 0.326 e. The van der Waals surface area contributed by atoms with Crippen molar-refractivity contribution < 1.29 is 22.7 Å². The summed E-state index contributed by atoms with van der Waals surface area (Å²) in [5.41, 5.74) is 0.754. The van der Waals surface area contributed by atoms with E-state index in [0.717, 1.165) is 31.5 Å². The maximum atomic E-state index is 15.2. The molecule has 0 bridgehead atoms. The first-order chi connectivity index (χ1) is 11.9. The zero-order valence-electron chi connectivity index (χ0n) is 13.6. The van der Waals surface area contributed by atoms with Crippen LogP contribution in [0.15, 0.2) is 6.07 Å². The standard InChI is InChI=1S/C16H20FN3O4S/c17-15-12-5-9(11-3-4-18-7-11)1-2-10(12)6-13(21)16(15)20-8-14(22)19-25(20,23)24/h6,9,11,18,21H,1-5,7-8H2,(H,19,22)/t9-,11+/m0/s1. The average Bonchev–Trinajstić information content (AvgIpc) is 3.15. The molecule has 0 unspecified atom stereocenters. The molecule has 2 atom stereocenters. The molecule has 7 nitrogen and oxygen atoms in total. The fraction of sp³-hybridized carbons (Fsp3) is 0.562. The number of phenols is 1. The normalized spacial score (nSPS) is 28.0. The summed E-state index contributed by atoms with van der Waals surface area (Å²) in [6.45, 7) is 1.37. The second-order valence-electron chi connectivity index (χ2n) is 6.99. The summed E-state index contributed by atoms with van der Waals surface area (Å²) in [6.07, 6.45) is 3.17. The number of carbonyl (C=O) groups excluding carboxylic acids is 1. The third kappa shape index (κ3) is 2.75. The number of anilines is 1. The van der Waals surface area contributed by atoms with E-state index in [1.165, 1.54) is 6.07 Å². The van der Waals surface area contributed by atoms with Crippen LogP contribution < -0.4 is 14.3 Å². The summed E-state index contributed by atoms with van der Waals surface area (Å²) in [5.74, 6) is -1.10. The highest BCUT2D eigenvalue weighted by Gasteiger charge is 2.39. The molecule has 1 aromatic carbocycles. The molecule has 0 saturated carbocycles. The maximum Gasteiger partial charge on any atom is 0.326 e. The largest absolute Gasteiger partial charge is 0.506 e. The highest BCUT2D eigenvalue weighted by Crippen LogP contribution is 2.42. The van der Waals surface area contributed by atoms with E-state index in [1.807, 2.05) is 0 Å². The molecule has 0 aromatic heterocycles. The molecule has 3 N–H and O–H groups in total. The number of amides is 1. The molecule has 1 aromatic rings. The predicted molar refractivity (Wildman–Crippen MR) is 89.0 cm³/mol. The van der Waals surface area contributed by atoms with Crippen molar-refractivity contribution >= 4 is 21.8 Å². The molecule has 9 heteroatoms. The first kappa shape index (κ1) is 16.6. The van der Waals surface area contributed by atoms with E-state index < -0.39 is 39.9 Å². The molecule has 3 aliphatic rings. The molecule has 0 spiro atoms. The van der Waals surface area contributed by atoms with Crippen molar-refractivity contribution in [1.29, 1.82) is 0 Å². The van der Waals surface area contributed by atoms with Crippen LogP contribution in [0, 0.1) is 17.7 Å². The Morgan fingerprint density at radius 3 is 2.72 bits per heavy atom. The fourth-order valence-electron chi connectivity index (χ4n) is 4.23. The van der Waals surface area contributed by atoms with Crippen molar-refractivity contribution in [2.45, 2.75) is 25.7 Å². The second kappa shape index (κ2) is 5.84. The molecule has 2 aliphatic heterocycles. The molecular formula is C16H20FN3O4S. The van der Waals surface area contributed by atoms with Gasteiger partial charge in [-0.15, -0.1) is 0 Å². The average molecular weight is 369 g/mol. The first-order valence-corrected chi connectivity index (χ1v) is 9.88. The number of nitrogens with one attached hydrogen (secondary N) is 2. The third-order valence-corrected chi connectivity index (χ3v) is 6.88. The van der Waals surface area contributed by atoms with Crippen molar-refractivity contribution in [2.24, 2.45) is 11.8 Å². The SMILES string of the molecule is O=C1CN(c2c(O)cc3c(c2F)C[C@@H]([C@@H]2CCNC2)CC3)S(=O)(=O)N1. The van der Waals surface area contributed by atoms with Crippen LogP contribution in [-0.4, -0.2) is 39.1 Å². The lowest BCUT2D eigenvalue weighted by molar-refractivity contribution is -0.117. The zero-order chi connectivity index (χ0) is 17.8. The predicted octanol–water partition coefficient (Wildman–Crippen LogP) is 0.427. The van der Waals surface area contributed by atoms with Gasteiger partial charge in [-0.25, -0.2) is 13.4 Å². The van der Waals surface area contributed by atoms with Crippen LogP contribution in [-0.2, 0) is 27.8 Å². The van der Waals surface area contributed by atoms with Crippen molar-refractivity contribution in [1.82, 2.24) is 10.0 Å². The third-order valence-electron chi connectivity index (χ3n) is 5.50. The Morgan fingerprint density at radius 1 is 1.28 bits per heavy atom. The number of hydrogen-bond acceptors (Lipinski definition) is 5. The lowest BCUT2D eigenvalue weighted by Crippen LogP contribution is -2.31. The number of aromatic hydroxyl groups is 1. The lowest BCUT2D eigenvalue weighted by Gasteiger charge is -2.30.